The minimum absolute atomic E-state index is 0.369. The Morgan fingerprint density at radius 1 is 1.42 bits per heavy atom. The fourth-order valence-corrected chi connectivity index (χ4v) is 1.90. The molecule has 2 N–H and O–H groups in total. The number of hydrogen-bond donors (Lipinski definition) is 1. The maximum absolute atomic E-state index is 6.17. The molecule has 1 heterocycles. The molecule has 19 heavy (non-hydrogen) atoms. The lowest BCUT2D eigenvalue weighted by Crippen LogP contribution is -2.14. The summed E-state index contributed by atoms with van der Waals surface area (Å²) in [7, 11) is 1.67. The van der Waals surface area contributed by atoms with Gasteiger partial charge in [-0.2, -0.15) is 4.98 Å². The number of methoxy groups -OCH3 is 1. The zero-order valence-corrected chi connectivity index (χ0v) is 11.3. The highest BCUT2D eigenvalue weighted by Gasteiger charge is 2.16. The van der Waals surface area contributed by atoms with E-state index < -0.39 is 0 Å². The SMILES string of the molecule is CCCc1nc(C(N)c2cccc(COC)c2)no1. The summed E-state index contributed by atoms with van der Waals surface area (Å²) in [5, 5.41) is 3.94. The molecule has 5 heteroatoms. The van der Waals surface area contributed by atoms with Gasteiger partial charge in [-0.1, -0.05) is 36.3 Å². The summed E-state index contributed by atoms with van der Waals surface area (Å²) in [6, 6.07) is 7.55. The molecule has 0 bridgehead atoms. The first-order valence-corrected chi connectivity index (χ1v) is 6.40. The van der Waals surface area contributed by atoms with Gasteiger partial charge in [-0.15, -0.1) is 0 Å². The summed E-state index contributed by atoms with van der Waals surface area (Å²) in [4.78, 5) is 4.32. The fraction of sp³-hybridized carbons (Fsp3) is 0.429. The van der Waals surface area contributed by atoms with Crippen LogP contribution in [-0.2, 0) is 17.8 Å². The molecule has 1 aromatic heterocycles. The molecule has 1 aromatic carbocycles. The van der Waals surface area contributed by atoms with Crippen molar-refractivity contribution in [3.8, 4) is 0 Å². The van der Waals surface area contributed by atoms with Crippen LogP contribution in [0, 0.1) is 0 Å². The molecule has 0 aliphatic heterocycles. The van der Waals surface area contributed by atoms with Crippen LogP contribution in [-0.4, -0.2) is 17.3 Å². The molecular weight excluding hydrogens is 242 g/mol. The lowest BCUT2D eigenvalue weighted by molar-refractivity contribution is 0.185. The summed E-state index contributed by atoms with van der Waals surface area (Å²) in [5.41, 5.74) is 8.20. The number of aromatic nitrogens is 2. The molecule has 0 saturated heterocycles. The second-order valence-corrected chi connectivity index (χ2v) is 4.45. The predicted octanol–water partition coefficient (Wildman–Crippen LogP) is 2.22. The fourth-order valence-electron chi connectivity index (χ4n) is 1.90. The summed E-state index contributed by atoms with van der Waals surface area (Å²) in [6.45, 7) is 2.63. The highest BCUT2D eigenvalue weighted by atomic mass is 16.5. The molecule has 2 aromatic rings. The monoisotopic (exact) mass is 261 g/mol. The van der Waals surface area contributed by atoms with Crippen LogP contribution in [0.4, 0.5) is 0 Å². The Balaban J connectivity index is 2.17. The third-order valence-electron chi connectivity index (χ3n) is 2.85. The number of benzene rings is 1. The first kappa shape index (κ1) is 13.7. The summed E-state index contributed by atoms with van der Waals surface area (Å²) < 4.78 is 10.3. The van der Waals surface area contributed by atoms with Crippen molar-refractivity contribution in [2.45, 2.75) is 32.4 Å². The molecule has 1 unspecified atom stereocenters. The van der Waals surface area contributed by atoms with Crippen LogP contribution in [0.25, 0.3) is 0 Å². The van der Waals surface area contributed by atoms with Crippen molar-refractivity contribution in [3.05, 3.63) is 47.1 Å². The maximum Gasteiger partial charge on any atom is 0.226 e. The Bertz CT molecular complexity index is 525. The smallest absolute Gasteiger partial charge is 0.226 e. The summed E-state index contributed by atoms with van der Waals surface area (Å²) >= 11 is 0. The zero-order chi connectivity index (χ0) is 13.7. The minimum Gasteiger partial charge on any atom is -0.380 e. The molecule has 0 aliphatic carbocycles. The van der Waals surface area contributed by atoms with Gasteiger partial charge >= 0.3 is 0 Å². The highest BCUT2D eigenvalue weighted by molar-refractivity contribution is 5.28. The van der Waals surface area contributed by atoms with Crippen LogP contribution in [0.5, 0.6) is 0 Å². The topological polar surface area (TPSA) is 74.2 Å². The standard InChI is InChI=1S/C14H19N3O2/c1-3-5-12-16-14(17-19-12)13(15)11-7-4-6-10(8-11)9-18-2/h4,6-8,13H,3,5,9,15H2,1-2H3. The van der Waals surface area contributed by atoms with E-state index in [1.807, 2.05) is 24.3 Å². The van der Waals surface area contributed by atoms with Crippen LogP contribution < -0.4 is 5.73 Å². The van der Waals surface area contributed by atoms with Gasteiger partial charge in [0.25, 0.3) is 0 Å². The summed E-state index contributed by atoms with van der Waals surface area (Å²) in [6.07, 6.45) is 1.75. The minimum atomic E-state index is -0.369. The van der Waals surface area contributed by atoms with Gasteiger partial charge in [-0.25, -0.2) is 0 Å². The Hall–Kier alpha value is -1.72. The van der Waals surface area contributed by atoms with E-state index >= 15 is 0 Å². The quantitative estimate of drug-likeness (QED) is 0.863. The van der Waals surface area contributed by atoms with Crippen molar-refractivity contribution >= 4 is 0 Å². The second kappa shape index (κ2) is 6.45. The molecule has 1 atom stereocenters. The van der Waals surface area contributed by atoms with E-state index in [4.69, 9.17) is 15.0 Å². The predicted molar refractivity (Wildman–Crippen MR) is 71.5 cm³/mol. The van der Waals surface area contributed by atoms with Gasteiger partial charge in [0.1, 0.15) is 0 Å². The molecule has 0 amide bonds. The van der Waals surface area contributed by atoms with E-state index in [2.05, 4.69) is 17.1 Å². The number of aryl methyl sites for hydroxylation is 1. The van der Waals surface area contributed by atoms with Gasteiger partial charge < -0.3 is 15.0 Å². The number of hydrogen-bond acceptors (Lipinski definition) is 5. The average Bonchev–Trinajstić information content (AvgIpc) is 2.88. The van der Waals surface area contributed by atoms with E-state index in [-0.39, 0.29) is 6.04 Å². The Morgan fingerprint density at radius 3 is 3.00 bits per heavy atom. The summed E-state index contributed by atoms with van der Waals surface area (Å²) in [5.74, 6) is 1.17. The number of nitrogens with zero attached hydrogens (tertiary/aromatic N) is 2. The van der Waals surface area contributed by atoms with Gasteiger partial charge in [0.15, 0.2) is 5.82 Å². The Labute approximate surface area is 112 Å². The van der Waals surface area contributed by atoms with Gasteiger partial charge in [0.2, 0.25) is 5.89 Å². The van der Waals surface area contributed by atoms with E-state index in [1.54, 1.807) is 7.11 Å². The largest absolute Gasteiger partial charge is 0.380 e. The van der Waals surface area contributed by atoms with Crippen molar-refractivity contribution in [1.82, 2.24) is 10.1 Å². The third-order valence-corrected chi connectivity index (χ3v) is 2.85. The second-order valence-electron chi connectivity index (χ2n) is 4.45. The van der Waals surface area contributed by atoms with E-state index in [0.29, 0.717) is 18.3 Å². The third kappa shape index (κ3) is 3.39. The lowest BCUT2D eigenvalue weighted by atomic mass is 10.0. The van der Waals surface area contributed by atoms with E-state index in [9.17, 15) is 0 Å². The van der Waals surface area contributed by atoms with Crippen LogP contribution in [0.2, 0.25) is 0 Å². The lowest BCUT2D eigenvalue weighted by Gasteiger charge is -2.09. The van der Waals surface area contributed by atoms with Crippen LogP contribution >= 0.6 is 0 Å². The Kier molecular flexibility index (Phi) is 4.65. The van der Waals surface area contributed by atoms with Crippen LogP contribution in [0.3, 0.4) is 0 Å². The van der Waals surface area contributed by atoms with Crippen molar-refractivity contribution in [2.24, 2.45) is 5.73 Å². The first-order valence-electron chi connectivity index (χ1n) is 6.40. The molecule has 0 fully saturated rings. The normalized spacial score (nSPS) is 12.6. The molecule has 2 rings (SSSR count). The van der Waals surface area contributed by atoms with Crippen LogP contribution in [0.15, 0.2) is 28.8 Å². The van der Waals surface area contributed by atoms with Gasteiger partial charge in [0, 0.05) is 13.5 Å². The van der Waals surface area contributed by atoms with Crippen molar-refractivity contribution in [1.29, 1.82) is 0 Å². The van der Waals surface area contributed by atoms with E-state index in [1.165, 1.54) is 0 Å². The van der Waals surface area contributed by atoms with Crippen molar-refractivity contribution in [3.63, 3.8) is 0 Å². The van der Waals surface area contributed by atoms with Gasteiger partial charge in [-0.3, -0.25) is 0 Å². The van der Waals surface area contributed by atoms with Crippen molar-refractivity contribution in [2.75, 3.05) is 7.11 Å². The molecule has 0 aliphatic rings. The number of ether oxygens (including phenoxy) is 1. The van der Waals surface area contributed by atoms with Crippen LogP contribution in [0.1, 0.15) is 42.2 Å². The van der Waals surface area contributed by atoms with Gasteiger partial charge in [-0.05, 0) is 17.5 Å². The molecule has 0 saturated carbocycles. The number of nitrogens with two attached hydrogens (primary N) is 1. The average molecular weight is 261 g/mol. The first-order chi connectivity index (χ1) is 9.24. The van der Waals surface area contributed by atoms with Crippen molar-refractivity contribution < 1.29 is 9.26 Å². The number of rotatable bonds is 6. The molecular formula is C14H19N3O2. The molecule has 5 nitrogen and oxygen atoms in total. The molecule has 0 spiro atoms. The zero-order valence-electron chi connectivity index (χ0n) is 11.3. The maximum atomic E-state index is 6.17. The molecule has 0 radical (unpaired) electrons. The van der Waals surface area contributed by atoms with Gasteiger partial charge in [0.05, 0.1) is 12.6 Å². The molecule has 102 valence electrons. The van der Waals surface area contributed by atoms with E-state index in [0.717, 1.165) is 24.0 Å². The highest BCUT2D eigenvalue weighted by Crippen LogP contribution is 2.18. The Morgan fingerprint density at radius 2 is 2.26 bits per heavy atom.